The van der Waals surface area contributed by atoms with E-state index in [2.05, 4.69) is 4.74 Å². The van der Waals surface area contributed by atoms with Crippen molar-refractivity contribution in [1.82, 2.24) is 0 Å². The summed E-state index contributed by atoms with van der Waals surface area (Å²) in [6, 6.07) is 0. The first-order valence-electron chi connectivity index (χ1n) is 5.06. The van der Waals surface area contributed by atoms with E-state index in [1.165, 1.54) is 0 Å². The number of carbonyl (C=O) groups is 1. The van der Waals surface area contributed by atoms with Crippen molar-refractivity contribution in [2.45, 2.75) is 25.7 Å². The lowest BCUT2D eigenvalue weighted by atomic mass is 9.89. The molecule has 3 unspecified atom stereocenters. The summed E-state index contributed by atoms with van der Waals surface area (Å²) in [5, 5.41) is 0. The highest BCUT2D eigenvalue weighted by molar-refractivity contribution is 7.85. The Bertz CT molecular complexity index is 361. The molecule has 2 rings (SSSR count). The number of hydrogen-bond acceptors (Lipinski definition) is 5. The third-order valence-electron chi connectivity index (χ3n) is 3.39. The number of esters is 1. The topological polar surface area (TPSA) is 83.5 Å². The van der Waals surface area contributed by atoms with Crippen LogP contribution in [0.25, 0.3) is 0 Å². The third kappa shape index (κ3) is 2.49. The molecule has 0 aromatic rings. The van der Waals surface area contributed by atoms with Gasteiger partial charge in [-0.25, -0.2) is 8.42 Å². The normalized spacial score (nSPS) is 34.3. The van der Waals surface area contributed by atoms with E-state index < -0.39 is 22.0 Å². The van der Waals surface area contributed by atoms with Crippen molar-refractivity contribution in [2.24, 2.45) is 17.8 Å². The van der Waals surface area contributed by atoms with E-state index in [4.69, 9.17) is 0 Å². The second-order valence-electron chi connectivity index (χ2n) is 4.42. The van der Waals surface area contributed by atoms with E-state index in [1.54, 1.807) is 0 Å². The van der Waals surface area contributed by atoms with Gasteiger partial charge in [0, 0.05) is 0 Å². The van der Waals surface area contributed by atoms with E-state index in [0.717, 1.165) is 25.7 Å². The molecule has 2 saturated carbocycles. The monoisotopic (exact) mass is 233 g/mol. The Morgan fingerprint density at radius 1 is 1.33 bits per heavy atom. The molecule has 0 heterocycles. The van der Waals surface area contributed by atoms with Gasteiger partial charge < -0.3 is 9.29 Å². The summed E-state index contributed by atoms with van der Waals surface area (Å²) in [5.74, 6) is -0.778. The smallest absolute Gasteiger partial charge is 0.310 e. The molecule has 0 aliphatic heterocycles. The molecular formula is C9H13O5S-. The highest BCUT2D eigenvalue weighted by Gasteiger charge is 2.43. The molecule has 0 saturated heterocycles. The lowest BCUT2D eigenvalue weighted by Gasteiger charge is -2.20. The van der Waals surface area contributed by atoms with Gasteiger partial charge in [0.25, 0.3) is 0 Å². The molecule has 0 amide bonds. The Kier molecular flexibility index (Phi) is 2.72. The molecule has 2 fully saturated rings. The molecule has 86 valence electrons. The van der Waals surface area contributed by atoms with Gasteiger partial charge in [0.1, 0.15) is 10.1 Å². The van der Waals surface area contributed by atoms with E-state index in [1.807, 2.05) is 0 Å². The second kappa shape index (κ2) is 3.75. The first-order chi connectivity index (χ1) is 6.96. The van der Waals surface area contributed by atoms with Crippen LogP contribution >= 0.6 is 0 Å². The molecule has 2 bridgehead atoms. The highest BCUT2D eigenvalue weighted by atomic mass is 32.2. The number of rotatable bonds is 3. The Morgan fingerprint density at radius 3 is 2.53 bits per heavy atom. The van der Waals surface area contributed by atoms with Crippen molar-refractivity contribution < 1.29 is 22.5 Å². The van der Waals surface area contributed by atoms with Crippen LogP contribution in [0, 0.1) is 17.8 Å². The average molecular weight is 233 g/mol. The van der Waals surface area contributed by atoms with Crippen molar-refractivity contribution in [2.75, 3.05) is 5.94 Å². The van der Waals surface area contributed by atoms with Gasteiger partial charge >= 0.3 is 5.97 Å². The zero-order valence-electron chi connectivity index (χ0n) is 8.22. The van der Waals surface area contributed by atoms with Crippen LogP contribution in [-0.4, -0.2) is 24.9 Å². The van der Waals surface area contributed by atoms with Gasteiger partial charge in [0.05, 0.1) is 5.92 Å². The number of carbonyl (C=O) groups excluding carboxylic acids is 1. The van der Waals surface area contributed by atoms with Gasteiger partial charge in [-0.15, -0.1) is 0 Å². The number of fused-ring (bicyclic) bond motifs is 2. The van der Waals surface area contributed by atoms with Crippen LogP contribution in [0.1, 0.15) is 25.7 Å². The predicted molar refractivity (Wildman–Crippen MR) is 49.6 cm³/mol. The quantitative estimate of drug-likeness (QED) is 0.522. The van der Waals surface area contributed by atoms with Crippen molar-refractivity contribution in [3.63, 3.8) is 0 Å². The minimum absolute atomic E-state index is 0.175. The van der Waals surface area contributed by atoms with Crippen LogP contribution in [0.5, 0.6) is 0 Å². The fourth-order valence-corrected chi connectivity index (χ4v) is 3.03. The predicted octanol–water partition coefficient (Wildman–Crippen LogP) is 0.468. The summed E-state index contributed by atoms with van der Waals surface area (Å²) in [6.45, 7) is 0. The Balaban J connectivity index is 1.87. The minimum atomic E-state index is -4.45. The lowest BCUT2D eigenvalue weighted by Crippen LogP contribution is -2.25. The van der Waals surface area contributed by atoms with E-state index >= 15 is 0 Å². The van der Waals surface area contributed by atoms with Gasteiger partial charge in [0.2, 0.25) is 0 Å². The summed E-state index contributed by atoms with van der Waals surface area (Å²) >= 11 is 0. The van der Waals surface area contributed by atoms with Crippen LogP contribution < -0.4 is 0 Å². The van der Waals surface area contributed by atoms with Crippen molar-refractivity contribution >= 4 is 16.1 Å². The van der Waals surface area contributed by atoms with Crippen molar-refractivity contribution in [3.8, 4) is 0 Å². The second-order valence-corrected chi connectivity index (χ2v) is 5.77. The standard InChI is InChI=1S/C9H14O5S/c10-9(14-5-15(11,12)13)8-4-6-1-2-7(8)3-6/h6-8H,1-5H2,(H,11,12,13)/p-1. The number of ether oxygens (including phenoxy) is 1. The largest absolute Gasteiger partial charge is 0.745 e. The van der Waals surface area contributed by atoms with Gasteiger partial charge in [-0.1, -0.05) is 6.42 Å². The molecule has 6 heteroatoms. The first kappa shape index (κ1) is 10.9. The van der Waals surface area contributed by atoms with Crippen LogP contribution in [0.2, 0.25) is 0 Å². The highest BCUT2D eigenvalue weighted by Crippen LogP contribution is 2.48. The summed E-state index contributed by atoms with van der Waals surface area (Å²) in [7, 11) is -4.45. The van der Waals surface area contributed by atoms with Crippen LogP contribution in [0.4, 0.5) is 0 Å². The van der Waals surface area contributed by atoms with Gasteiger partial charge in [0.15, 0.2) is 5.94 Å². The molecule has 0 aromatic carbocycles. The fraction of sp³-hybridized carbons (Fsp3) is 0.889. The molecule has 5 nitrogen and oxygen atoms in total. The molecule has 0 aromatic heterocycles. The third-order valence-corrected chi connectivity index (χ3v) is 3.79. The molecule has 0 spiro atoms. The van der Waals surface area contributed by atoms with Crippen molar-refractivity contribution in [3.05, 3.63) is 0 Å². The molecule has 15 heavy (non-hydrogen) atoms. The zero-order chi connectivity index (χ0) is 11.1. The molecule has 2 aliphatic carbocycles. The lowest BCUT2D eigenvalue weighted by molar-refractivity contribution is -0.148. The molecule has 0 radical (unpaired) electrons. The summed E-state index contributed by atoms with van der Waals surface area (Å²) in [6.07, 6.45) is 4.02. The SMILES string of the molecule is O=C(OCS(=O)(=O)[O-])C1CC2CCC1C2. The Morgan fingerprint density at radius 2 is 2.07 bits per heavy atom. The number of hydrogen-bond donors (Lipinski definition) is 0. The summed E-state index contributed by atoms with van der Waals surface area (Å²) in [5.41, 5.74) is 0. The van der Waals surface area contributed by atoms with E-state index in [-0.39, 0.29) is 5.92 Å². The van der Waals surface area contributed by atoms with Crippen LogP contribution in [0.3, 0.4) is 0 Å². The minimum Gasteiger partial charge on any atom is -0.745 e. The van der Waals surface area contributed by atoms with Gasteiger partial charge in [-0.05, 0) is 31.1 Å². The Hall–Kier alpha value is -0.620. The summed E-state index contributed by atoms with van der Waals surface area (Å²) in [4.78, 5) is 11.5. The van der Waals surface area contributed by atoms with E-state index in [9.17, 15) is 17.8 Å². The van der Waals surface area contributed by atoms with Gasteiger partial charge in [-0.3, -0.25) is 4.79 Å². The van der Waals surface area contributed by atoms with Crippen LogP contribution in [-0.2, 0) is 19.6 Å². The maximum Gasteiger partial charge on any atom is 0.310 e. The first-order valence-corrected chi connectivity index (χ1v) is 6.63. The molecule has 0 N–H and O–H groups in total. The molecule has 2 aliphatic rings. The zero-order valence-corrected chi connectivity index (χ0v) is 9.03. The summed E-state index contributed by atoms with van der Waals surface area (Å²) < 4.78 is 35.3. The molecular weight excluding hydrogens is 220 g/mol. The van der Waals surface area contributed by atoms with Crippen LogP contribution in [0.15, 0.2) is 0 Å². The average Bonchev–Trinajstić information content (AvgIpc) is 2.73. The molecule has 3 atom stereocenters. The van der Waals surface area contributed by atoms with E-state index in [0.29, 0.717) is 11.8 Å². The van der Waals surface area contributed by atoms with Crippen molar-refractivity contribution in [1.29, 1.82) is 0 Å². The maximum absolute atomic E-state index is 11.5. The van der Waals surface area contributed by atoms with Gasteiger partial charge in [-0.2, -0.15) is 0 Å². The maximum atomic E-state index is 11.5. The fourth-order valence-electron chi connectivity index (χ4n) is 2.77. The Labute approximate surface area is 88.6 Å².